The van der Waals surface area contributed by atoms with Crippen molar-refractivity contribution in [1.82, 2.24) is 0 Å². The Morgan fingerprint density at radius 2 is 1.13 bits per heavy atom. The lowest BCUT2D eigenvalue weighted by Crippen LogP contribution is -2.05. The van der Waals surface area contributed by atoms with Crippen molar-refractivity contribution in [2.75, 3.05) is 0 Å². The SMILES string of the molecule is C=N/C(=N\C(=N/Cc1cccc(-c2ccccc2)c1)c1ccccc1)c1ccccc1. The van der Waals surface area contributed by atoms with Crippen LogP contribution in [0, 0.1) is 0 Å². The minimum absolute atomic E-state index is 0.521. The lowest BCUT2D eigenvalue weighted by Gasteiger charge is -2.07. The number of aliphatic imine (C=N–C) groups is 3. The monoisotopic (exact) mass is 401 g/mol. The molecular formula is C28H23N3. The average Bonchev–Trinajstić information content (AvgIpc) is 2.86. The van der Waals surface area contributed by atoms with Crippen molar-refractivity contribution in [1.29, 1.82) is 0 Å². The highest BCUT2D eigenvalue weighted by atomic mass is 15.0. The van der Waals surface area contributed by atoms with Gasteiger partial charge in [0.2, 0.25) is 0 Å². The summed E-state index contributed by atoms with van der Waals surface area (Å²) in [5.41, 5.74) is 5.34. The standard InChI is InChI=1S/C28H23N3/c1-29-27(24-15-7-3-8-16-24)31-28(25-17-9-4-10-18-25)30-21-22-12-11-19-26(20-22)23-13-5-2-6-14-23/h2-20H,1,21H2/b30-28-,31-27-. The molecule has 0 aliphatic carbocycles. The molecule has 0 heterocycles. The Kier molecular flexibility index (Phi) is 6.56. The van der Waals surface area contributed by atoms with Gasteiger partial charge in [-0.25, -0.2) is 9.98 Å². The van der Waals surface area contributed by atoms with Gasteiger partial charge in [0.1, 0.15) is 0 Å². The van der Waals surface area contributed by atoms with E-state index in [1.807, 2.05) is 66.7 Å². The lowest BCUT2D eigenvalue weighted by atomic mass is 10.0. The Hall–Kier alpha value is -4.11. The Morgan fingerprint density at radius 1 is 0.581 bits per heavy atom. The van der Waals surface area contributed by atoms with Crippen molar-refractivity contribution < 1.29 is 0 Å². The van der Waals surface area contributed by atoms with Gasteiger partial charge in [0.05, 0.1) is 6.54 Å². The van der Waals surface area contributed by atoms with Crippen molar-refractivity contribution in [3.05, 3.63) is 132 Å². The van der Waals surface area contributed by atoms with E-state index in [9.17, 15) is 0 Å². The third kappa shape index (κ3) is 5.28. The maximum absolute atomic E-state index is 4.85. The summed E-state index contributed by atoms with van der Waals surface area (Å²) >= 11 is 0. The second-order valence-corrected chi connectivity index (χ2v) is 7.03. The van der Waals surface area contributed by atoms with Gasteiger partial charge < -0.3 is 0 Å². The average molecular weight is 402 g/mol. The maximum atomic E-state index is 4.85. The molecule has 0 bridgehead atoms. The summed E-state index contributed by atoms with van der Waals surface area (Å²) in [6, 6.07) is 38.6. The van der Waals surface area contributed by atoms with Crippen LogP contribution in [0.25, 0.3) is 11.1 Å². The smallest absolute Gasteiger partial charge is 0.161 e. The second kappa shape index (κ2) is 10.1. The van der Waals surface area contributed by atoms with E-state index in [0.717, 1.165) is 16.7 Å². The topological polar surface area (TPSA) is 37.1 Å². The van der Waals surface area contributed by atoms with Crippen LogP contribution in [0.5, 0.6) is 0 Å². The zero-order chi connectivity index (χ0) is 21.3. The zero-order valence-electron chi connectivity index (χ0n) is 17.2. The van der Waals surface area contributed by atoms with Crippen molar-refractivity contribution >= 4 is 18.4 Å². The lowest BCUT2D eigenvalue weighted by molar-refractivity contribution is 1.06. The fourth-order valence-electron chi connectivity index (χ4n) is 3.30. The molecule has 0 spiro atoms. The number of nitrogens with zero attached hydrogens (tertiary/aromatic N) is 3. The van der Waals surface area contributed by atoms with Crippen LogP contribution in [0.4, 0.5) is 0 Å². The largest absolute Gasteiger partial charge is 0.261 e. The Balaban J connectivity index is 1.68. The van der Waals surface area contributed by atoms with Gasteiger partial charge in [-0.2, -0.15) is 0 Å². The van der Waals surface area contributed by atoms with Crippen LogP contribution in [0.1, 0.15) is 16.7 Å². The molecule has 4 rings (SSSR count). The van der Waals surface area contributed by atoms with Gasteiger partial charge in [0.25, 0.3) is 0 Å². The summed E-state index contributed by atoms with van der Waals surface area (Å²) in [5, 5.41) is 0. The quantitative estimate of drug-likeness (QED) is 0.272. The highest BCUT2D eigenvalue weighted by Gasteiger charge is 2.07. The van der Waals surface area contributed by atoms with Crippen LogP contribution in [0.15, 0.2) is 130 Å². The summed E-state index contributed by atoms with van der Waals surface area (Å²) in [6.07, 6.45) is 0. The molecular weight excluding hydrogens is 378 g/mol. The van der Waals surface area contributed by atoms with Crippen LogP contribution in [0.3, 0.4) is 0 Å². The van der Waals surface area contributed by atoms with E-state index in [-0.39, 0.29) is 0 Å². The molecule has 150 valence electrons. The molecule has 0 radical (unpaired) electrons. The fraction of sp³-hybridized carbons (Fsp3) is 0.0357. The third-order valence-corrected chi connectivity index (χ3v) is 4.87. The molecule has 0 saturated carbocycles. The number of hydrogen-bond acceptors (Lipinski definition) is 1. The van der Waals surface area contributed by atoms with E-state index >= 15 is 0 Å². The fourth-order valence-corrected chi connectivity index (χ4v) is 3.30. The Morgan fingerprint density at radius 3 is 1.74 bits per heavy atom. The first kappa shape index (κ1) is 20.2. The molecule has 0 aliphatic heterocycles. The van der Waals surface area contributed by atoms with Gasteiger partial charge in [-0.05, 0) is 29.5 Å². The molecule has 4 aromatic rings. The normalized spacial score (nSPS) is 11.9. The third-order valence-electron chi connectivity index (χ3n) is 4.87. The molecule has 0 aliphatic rings. The van der Waals surface area contributed by atoms with Crippen molar-refractivity contribution in [2.24, 2.45) is 15.0 Å². The van der Waals surface area contributed by atoms with Crippen LogP contribution in [-0.4, -0.2) is 18.4 Å². The molecule has 3 heteroatoms. The van der Waals surface area contributed by atoms with Crippen LogP contribution >= 0.6 is 0 Å². The number of benzene rings is 4. The summed E-state index contributed by atoms with van der Waals surface area (Å²) in [4.78, 5) is 13.8. The van der Waals surface area contributed by atoms with Gasteiger partial charge in [-0.3, -0.25) is 4.99 Å². The maximum Gasteiger partial charge on any atom is 0.161 e. The number of hydrogen-bond donors (Lipinski definition) is 0. The van der Waals surface area contributed by atoms with Gasteiger partial charge in [-0.15, -0.1) is 0 Å². The molecule has 0 amide bonds. The van der Waals surface area contributed by atoms with Crippen molar-refractivity contribution in [2.45, 2.75) is 6.54 Å². The molecule has 3 nitrogen and oxygen atoms in total. The van der Waals surface area contributed by atoms with Gasteiger partial charge in [-0.1, -0.05) is 109 Å². The van der Waals surface area contributed by atoms with E-state index < -0.39 is 0 Å². The van der Waals surface area contributed by atoms with E-state index in [2.05, 4.69) is 60.2 Å². The predicted molar refractivity (Wildman–Crippen MR) is 131 cm³/mol. The van der Waals surface area contributed by atoms with Gasteiger partial charge >= 0.3 is 0 Å². The summed E-state index contributed by atoms with van der Waals surface area (Å²) in [6.45, 7) is 4.23. The summed E-state index contributed by atoms with van der Waals surface area (Å²) in [7, 11) is 0. The molecule has 0 N–H and O–H groups in total. The van der Waals surface area contributed by atoms with E-state index in [1.165, 1.54) is 11.1 Å². The number of rotatable bonds is 5. The number of amidine groups is 2. The zero-order valence-corrected chi connectivity index (χ0v) is 17.2. The second-order valence-electron chi connectivity index (χ2n) is 7.03. The molecule has 0 atom stereocenters. The highest BCUT2D eigenvalue weighted by Crippen LogP contribution is 2.20. The highest BCUT2D eigenvalue weighted by molar-refractivity contribution is 6.12. The van der Waals surface area contributed by atoms with Crippen LogP contribution in [0.2, 0.25) is 0 Å². The van der Waals surface area contributed by atoms with Crippen LogP contribution < -0.4 is 0 Å². The molecule has 0 fully saturated rings. The molecule has 0 saturated heterocycles. The Labute approximate surface area is 183 Å². The predicted octanol–water partition coefficient (Wildman–Crippen LogP) is 6.45. The molecule has 0 unspecified atom stereocenters. The van der Waals surface area contributed by atoms with E-state index in [0.29, 0.717) is 18.2 Å². The van der Waals surface area contributed by atoms with Gasteiger partial charge in [0.15, 0.2) is 11.7 Å². The minimum atomic E-state index is 0.521. The first-order valence-corrected chi connectivity index (χ1v) is 10.2. The Bertz CT molecular complexity index is 1190. The van der Waals surface area contributed by atoms with E-state index in [4.69, 9.17) is 9.98 Å². The first-order chi connectivity index (χ1) is 15.3. The molecule has 31 heavy (non-hydrogen) atoms. The molecule has 4 aromatic carbocycles. The first-order valence-electron chi connectivity index (χ1n) is 10.2. The summed E-state index contributed by atoms with van der Waals surface area (Å²) < 4.78 is 0. The van der Waals surface area contributed by atoms with Gasteiger partial charge in [0, 0.05) is 11.1 Å². The van der Waals surface area contributed by atoms with E-state index in [1.54, 1.807) is 0 Å². The molecule has 0 aromatic heterocycles. The van der Waals surface area contributed by atoms with Crippen molar-refractivity contribution in [3.8, 4) is 11.1 Å². The summed E-state index contributed by atoms with van der Waals surface area (Å²) in [5.74, 6) is 1.19. The minimum Gasteiger partial charge on any atom is -0.261 e. The van der Waals surface area contributed by atoms with Crippen LogP contribution in [-0.2, 0) is 6.54 Å². The van der Waals surface area contributed by atoms with Crippen molar-refractivity contribution in [3.63, 3.8) is 0 Å².